The monoisotopic (exact) mass is 382 g/mol. The SMILES string of the molecule is CC(C)(C(=O)N1CCN(Cc2cc3c(cc2O)OCO3)CC1)c1ccccc1. The fourth-order valence-electron chi connectivity index (χ4n) is 3.82. The van der Waals surface area contributed by atoms with Crippen LogP contribution in [0.2, 0.25) is 0 Å². The zero-order valence-corrected chi connectivity index (χ0v) is 16.4. The van der Waals surface area contributed by atoms with Gasteiger partial charge in [0, 0.05) is 44.4 Å². The van der Waals surface area contributed by atoms with Crippen molar-refractivity contribution in [2.75, 3.05) is 33.0 Å². The van der Waals surface area contributed by atoms with Crippen molar-refractivity contribution in [2.45, 2.75) is 25.8 Å². The first-order chi connectivity index (χ1) is 13.4. The van der Waals surface area contributed by atoms with Crippen LogP contribution in [0.1, 0.15) is 25.0 Å². The third kappa shape index (κ3) is 3.52. The lowest BCUT2D eigenvalue weighted by atomic mass is 9.83. The predicted molar refractivity (Wildman–Crippen MR) is 106 cm³/mol. The Balaban J connectivity index is 1.38. The van der Waals surface area contributed by atoms with Gasteiger partial charge in [0.1, 0.15) is 5.75 Å². The molecule has 2 aromatic rings. The summed E-state index contributed by atoms with van der Waals surface area (Å²) in [6.07, 6.45) is 0. The van der Waals surface area contributed by atoms with Crippen molar-refractivity contribution in [2.24, 2.45) is 0 Å². The predicted octanol–water partition coefficient (Wildman–Crippen LogP) is 2.74. The normalized spacial score (nSPS) is 17.0. The average Bonchev–Trinajstić information content (AvgIpc) is 3.16. The van der Waals surface area contributed by atoms with Crippen molar-refractivity contribution >= 4 is 5.91 Å². The van der Waals surface area contributed by atoms with Crippen molar-refractivity contribution in [1.82, 2.24) is 9.80 Å². The van der Waals surface area contributed by atoms with Gasteiger partial charge in [-0.1, -0.05) is 30.3 Å². The van der Waals surface area contributed by atoms with E-state index in [1.807, 2.05) is 55.1 Å². The highest BCUT2D eigenvalue weighted by atomic mass is 16.7. The van der Waals surface area contributed by atoms with Gasteiger partial charge in [0.2, 0.25) is 12.7 Å². The highest BCUT2D eigenvalue weighted by Crippen LogP contribution is 2.38. The number of ether oxygens (including phenoxy) is 2. The number of piperazine rings is 1. The maximum atomic E-state index is 13.1. The second kappa shape index (κ2) is 7.36. The van der Waals surface area contributed by atoms with E-state index in [4.69, 9.17) is 9.47 Å². The number of hydrogen-bond acceptors (Lipinski definition) is 5. The number of hydrogen-bond donors (Lipinski definition) is 1. The van der Waals surface area contributed by atoms with Gasteiger partial charge in [0.05, 0.1) is 5.41 Å². The highest BCUT2D eigenvalue weighted by Gasteiger charge is 2.35. The number of carbonyl (C=O) groups is 1. The lowest BCUT2D eigenvalue weighted by Crippen LogP contribution is -2.52. The fraction of sp³-hybridized carbons (Fsp3) is 0.409. The number of fused-ring (bicyclic) bond motifs is 1. The Labute approximate surface area is 165 Å². The summed E-state index contributed by atoms with van der Waals surface area (Å²) >= 11 is 0. The Bertz CT molecular complexity index is 858. The standard InChI is InChI=1S/C22H26N2O4/c1-22(2,17-6-4-3-5-7-17)21(26)24-10-8-23(9-11-24)14-16-12-19-20(13-18(16)25)28-15-27-19/h3-7,12-13,25H,8-11,14-15H2,1-2H3. The molecule has 0 aromatic heterocycles. The van der Waals surface area contributed by atoms with E-state index in [9.17, 15) is 9.90 Å². The molecule has 1 fully saturated rings. The van der Waals surface area contributed by atoms with Gasteiger partial charge in [-0.2, -0.15) is 0 Å². The van der Waals surface area contributed by atoms with Gasteiger partial charge in [-0.15, -0.1) is 0 Å². The zero-order chi connectivity index (χ0) is 19.7. The number of aromatic hydroxyl groups is 1. The van der Waals surface area contributed by atoms with Gasteiger partial charge >= 0.3 is 0 Å². The van der Waals surface area contributed by atoms with Gasteiger partial charge in [-0.05, 0) is 25.5 Å². The van der Waals surface area contributed by atoms with E-state index in [-0.39, 0.29) is 18.4 Å². The Hall–Kier alpha value is -2.73. The van der Waals surface area contributed by atoms with Crippen LogP contribution >= 0.6 is 0 Å². The van der Waals surface area contributed by atoms with E-state index in [0.717, 1.165) is 24.2 Å². The van der Waals surface area contributed by atoms with Gasteiger partial charge in [-0.25, -0.2) is 0 Å². The molecule has 1 amide bonds. The molecular formula is C22H26N2O4. The van der Waals surface area contributed by atoms with Crippen molar-refractivity contribution in [3.8, 4) is 17.2 Å². The third-order valence-corrected chi connectivity index (χ3v) is 5.66. The van der Waals surface area contributed by atoms with Gasteiger partial charge in [0.15, 0.2) is 11.5 Å². The number of carbonyl (C=O) groups excluding carboxylic acids is 1. The largest absolute Gasteiger partial charge is 0.507 e. The summed E-state index contributed by atoms with van der Waals surface area (Å²) in [6.45, 7) is 7.68. The second-order valence-corrected chi connectivity index (χ2v) is 7.89. The summed E-state index contributed by atoms with van der Waals surface area (Å²) in [4.78, 5) is 17.3. The second-order valence-electron chi connectivity index (χ2n) is 7.89. The Kier molecular flexibility index (Phi) is 4.89. The minimum atomic E-state index is -0.543. The van der Waals surface area contributed by atoms with E-state index in [1.165, 1.54) is 0 Å². The summed E-state index contributed by atoms with van der Waals surface area (Å²) in [5.74, 6) is 1.63. The zero-order valence-electron chi connectivity index (χ0n) is 16.4. The average molecular weight is 382 g/mol. The smallest absolute Gasteiger partial charge is 0.232 e. The summed E-state index contributed by atoms with van der Waals surface area (Å²) in [7, 11) is 0. The maximum absolute atomic E-state index is 13.1. The maximum Gasteiger partial charge on any atom is 0.232 e. The van der Waals surface area contributed by atoms with Crippen molar-refractivity contribution < 1.29 is 19.4 Å². The van der Waals surface area contributed by atoms with E-state index in [2.05, 4.69) is 4.90 Å². The first-order valence-corrected chi connectivity index (χ1v) is 9.64. The molecule has 0 saturated carbocycles. The summed E-state index contributed by atoms with van der Waals surface area (Å²) < 4.78 is 10.7. The minimum Gasteiger partial charge on any atom is -0.507 e. The van der Waals surface area contributed by atoms with E-state index >= 15 is 0 Å². The molecule has 2 aliphatic heterocycles. The number of phenolic OH excluding ortho intramolecular Hbond substituents is 1. The molecule has 2 aromatic carbocycles. The molecule has 0 bridgehead atoms. The van der Waals surface area contributed by atoms with Crippen molar-refractivity contribution in [3.05, 3.63) is 53.6 Å². The van der Waals surface area contributed by atoms with Crippen LogP contribution in [0.25, 0.3) is 0 Å². The number of benzene rings is 2. The van der Waals surface area contributed by atoms with Gasteiger partial charge < -0.3 is 19.5 Å². The molecule has 1 saturated heterocycles. The topological polar surface area (TPSA) is 62.2 Å². The Morgan fingerprint density at radius 3 is 2.36 bits per heavy atom. The lowest BCUT2D eigenvalue weighted by Gasteiger charge is -2.39. The molecule has 0 spiro atoms. The van der Waals surface area contributed by atoms with Crippen LogP contribution in [0.3, 0.4) is 0 Å². The molecule has 28 heavy (non-hydrogen) atoms. The Morgan fingerprint density at radius 2 is 1.68 bits per heavy atom. The van der Waals surface area contributed by atoms with Crippen LogP contribution in [0, 0.1) is 0 Å². The molecule has 6 nitrogen and oxygen atoms in total. The minimum absolute atomic E-state index is 0.157. The summed E-state index contributed by atoms with van der Waals surface area (Å²) in [5, 5.41) is 10.3. The lowest BCUT2D eigenvalue weighted by molar-refractivity contribution is -0.138. The number of phenols is 1. The molecule has 0 atom stereocenters. The molecule has 6 heteroatoms. The quantitative estimate of drug-likeness (QED) is 0.881. The van der Waals surface area contributed by atoms with Crippen LogP contribution in [-0.4, -0.2) is 53.8 Å². The molecule has 0 radical (unpaired) electrons. The van der Waals surface area contributed by atoms with Crippen LogP contribution in [0.5, 0.6) is 17.2 Å². The summed E-state index contributed by atoms with van der Waals surface area (Å²) in [6, 6.07) is 13.4. The molecule has 1 N–H and O–H groups in total. The van der Waals surface area contributed by atoms with Crippen LogP contribution in [0.4, 0.5) is 0 Å². The van der Waals surface area contributed by atoms with Crippen LogP contribution in [-0.2, 0) is 16.8 Å². The summed E-state index contributed by atoms with van der Waals surface area (Å²) in [5.41, 5.74) is 1.31. The van der Waals surface area contributed by atoms with Crippen LogP contribution < -0.4 is 9.47 Å². The first-order valence-electron chi connectivity index (χ1n) is 9.64. The van der Waals surface area contributed by atoms with Crippen molar-refractivity contribution in [1.29, 1.82) is 0 Å². The number of amides is 1. The molecule has 0 aliphatic carbocycles. The first kappa shape index (κ1) is 18.6. The molecule has 148 valence electrons. The van der Waals surface area contributed by atoms with E-state index in [1.54, 1.807) is 6.07 Å². The van der Waals surface area contributed by atoms with E-state index < -0.39 is 5.41 Å². The third-order valence-electron chi connectivity index (χ3n) is 5.66. The molecule has 4 rings (SSSR count). The van der Waals surface area contributed by atoms with Gasteiger partial charge in [0.25, 0.3) is 0 Å². The fourth-order valence-corrected chi connectivity index (χ4v) is 3.82. The van der Waals surface area contributed by atoms with E-state index in [0.29, 0.717) is 31.1 Å². The molecule has 0 unspecified atom stereocenters. The highest BCUT2D eigenvalue weighted by molar-refractivity contribution is 5.87. The van der Waals surface area contributed by atoms with Crippen molar-refractivity contribution in [3.63, 3.8) is 0 Å². The molecule has 2 aliphatic rings. The Morgan fingerprint density at radius 1 is 1.04 bits per heavy atom. The molecular weight excluding hydrogens is 356 g/mol. The molecule has 2 heterocycles. The number of rotatable bonds is 4. The van der Waals surface area contributed by atoms with Crippen LogP contribution in [0.15, 0.2) is 42.5 Å². The number of nitrogens with zero attached hydrogens (tertiary/aromatic N) is 2. The van der Waals surface area contributed by atoms with Gasteiger partial charge in [-0.3, -0.25) is 9.69 Å².